The summed E-state index contributed by atoms with van der Waals surface area (Å²) in [6, 6.07) is 71.3. The Labute approximate surface area is 629 Å². The molecule has 0 radical (unpaired) electrons. The summed E-state index contributed by atoms with van der Waals surface area (Å²) >= 11 is 0. The van der Waals surface area contributed by atoms with Gasteiger partial charge in [-0.05, 0) is 318 Å². The van der Waals surface area contributed by atoms with Crippen molar-refractivity contribution < 1.29 is 18.3 Å². The number of aryl methyl sites for hydroxylation is 15. The van der Waals surface area contributed by atoms with E-state index < -0.39 is 6.08 Å². The number of hydrogen-bond acceptors (Lipinski definition) is 2. The molecule has 14 rings (SSSR count). The number of unbranched alkanes of at least 4 members (excludes halogenated alkanes) is 4. The van der Waals surface area contributed by atoms with Crippen molar-refractivity contribution in [2.75, 3.05) is 13.2 Å². The molecular formula is C102H104F2O2. The van der Waals surface area contributed by atoms with Crippen LogP contribution in [0.25, 0.3) is 87.9 Å². The summed E-state index contributed by atoms with van der Waals surface area (Å²) in [6.45, 7) is 36.6. The van der Waals surface area contributed by atoms with Crippen LogP contribution in [0.15, 0.2) is 257 Å². The van der Waals surface area contributed by atoms with E-state index in [4.69, 9.17) is 9.47 Å². The number of fused-ring (bicyclic) bond motifs is 8. The molecule has 0 bridgehead atoms. The Morgan fingerprint density at radius 3 is 1.27 bits per heavy atom. The second-order valence-corrected chi connectivity index (χ2v) is 29.0. The largest absolute Gasteiger partial charge is 0.489 e. The van der Waals surface area contributed by atoms with Gasteiger partial charge in [0.05, 0.1) is 0 Å². The second-order valence-electron chi connectivity index (χ2n) is 29.0. The predicted octanol–water partition coefficient (Wildman–Crippen LogP) is 28.3. The van der Waals surface area contributed by atoms with Gasteiger partial charge in [-0.2, -0.15) is 8.78 Å². The number of benzene rings is 13. The first-order valence-corrected chi connectivity index (χ1v) is 38.0. The van der Waals surface area contributed by atoms with Crippen LogP contribution in [0.5, 0.6) is 11.5 Å². The van der Waals surface area contributed by atoms with Crippen molar-refractivity contribution >= 4 is 76.8 Å². The maximum atomic E-state index is 12.2. The first kappa shape index (κ1) is 76.4. The lowest BCUT2D eigenvalue weighted by molar-refractivity contribution is 0.347. The van der Waals surface area contributed by atoms with Crippen LogP contribution in [-0.4, -0.2) is 13.2 Å². The van der Waals surface area contributed by atoms with E-state index in [1.807, 2.05) is 62.4 Å². The highest BCUT2D eigenvalue weighted by atomic mass is 19.3. The highest BCUT2D eigenvalue weighted by Crippen LogP contribution is 2.41. The Kier molecular flexibility index (Phi) is 26.2. The highest BCUT2D eigenvalue weighted by molar-refractivity contribution is 6.11. The van der Waals surface area contributed by atoms with Crippen LogP contribution in [-0.2, 0) is 51.4 Å². The molecule has 2 nitrogen and oxygen atoms in total. The molecule has 0 saturated heterocycles. The van der Waals surface area contributed by atoms with Gasteiger partial charge >= 0.3 is 0 Å². The predicted molar refractivity (Wildman–Crippen MR) is 456 cm³/mol. The summed E-state index contributed by atoms with van der Waals surface area (Å²) in [4.78, 5) is 0. The van der Waals surface area contributed by atoms with Crippen molar-refractivity contribution in [1.82, 2.24) is 0 Å². The van der Waals surface area contributed by atoms with Crippen LogP contribution in [0.2, 0.25) is 0 Å². The Morgan fingerprint density at radius 1 is 0.358 bits per heavy atom. The molecule has 0 fully saturated rings. The minimum absolute atomic E-state index is 0.169. The molecule has 0 spiro atoms. The standard InChI is InChI=1S/C32H32.C28H34.C24H20.C18H18F2O2/c1-5-25-7-11-27(12-8-25)15-17-29-19-23(3)22-32-30(20-24(4)21-31(29)32)18-16-28-13-9-26(6-2)10-14-28;1-5-7-9-11-13-23-24(14-12-10-8-6-2)28-20-22(4)16-18-26(28)25-17-15-21(3)19-27(23)25;1-15-19-7-3-4-8-20(19)16(2)24-14-18(11-12-21(15)24)22-9-5-6-17-10-13-23(17)22;1-4-6-21-16-10-12(2)9-15-14(16)8-13(3)11-17(15)22-7-5-18(19)20/h5-14,19-22H,1-2,15-18H2,3-4H3;5-6,15-20H,1-2,7-14H2,3-4H3;3-9,11-12,14H,10,13H2,1-2H3;4-5,8-11H,1,6-7H2,2-3H3. The molecule has 1 aliphatic carbocycles. The quantitative estimate of drug-likeness (QED) is 0.0246. The van der Waals surface area contributed by atoms with Gasteiger partial charge in [0.2, 0.25) is 0 Å². The minimum Gasteiger partial charge on any atom is -0.489 e. The lowest BCUT2D eigenvalue weighted by atomic mass is 9.82. The molecule has 13 aromatic carbocycles. The normalized spacial score (nSPS) is 11.4. The van der Waals surface area contributed by atoms with Gasteiger partial charge in [0.1, 0.15) is 24.7 Å². The third-order valence-corrected chi connectivity index (χ3v) is 21.1. The van der Waals surface area contributed by atoms with E-state index in [0.29, 0.717) is 12.4 Å². The molecule has 0 saturated carbocycles. The molecule has 0 amide bonds. The van der Waals surface area contributed by atoms with E-state index in [1.54, 1.807) is 22.8 Å². The van der Waals surface area contributed by atoms with Crippen LogP contribution in [0.3, 0.4) is 0 Å². The van der Waals surface area contributed by atoms with Crippen LogP contribution in [0, 0.1) is 55.4 Å². The lowest BCUT2D eigenvalue weighted by Gasteiger charge is -2.23. The summed E-state index contributed by atoms with van der Waals surface area (Å²) < 4.78 is 35.5. The number of ether oxygens (including phenoxy) is 2. The highest BCUT2D eigenvalue weighted by Gasteiger charge is 2.20. The molecule has 538 valence electrons. The van der Waals surface area contributed by atoms with Gasteiger partial charge in [0.25, 0.3) is 6.08 Å². The zero-order valence-electron chi connectivity index (χ0n) is 63.9. The van der Waals surface area contributed by atoms with Crippen molar-refractivity contribution in [1.29, 1.82) is 0 Å². The second kappa shape index (κ2) is 36.4. The van der Waals surface area contributed by atoms with Crippen LogP contribution >= 0.6 is 0 Å². The first-order valence-electron chi connectivity index (χ1n) is 38.0. The summed E-state index contributed by atoms with van der Waals surface area (Å²) in [5, 5.41) is 15.8. The van der Waals surface area contributed by atoms with Gasteiger partial charge in [-0.1, -0.05) is 236 Å². The van der Waals surface area contributed by atoms with Gasteiger partial charge in [-0.3, -0.25) is 0 Å². The molecule has 0 heterocycles. The first-order chi connectivity index (χ1) is 51.4. The topological polar surface area (TPSA) is 18.5 Å². The molecule has 0 N–H and O–H groups in total. The summed E-state index contributed by atoms with van der Waals surface area (Å²) in [7, 11) is 0. The van der Waals surface area contributed by atoms with E-state index in [-0.39, 0.29) is 6.61 Å². The minimum atomic E-state index is -1.75. The van der Waals surface area contributed by atoms with E-state index in [9.17, 15) is 8.78 Å². The van der Waals surface area contributed by atoms with Crippen molar-refractivity contribution in [2.45, 2.75) is 145 Å². The van der Waals surface area contributed by atoms with Crippen LogP contribution in [0.4, 0.5) is 8.78 Å². The lowest BCUT2D eigenvalue weighted by Crippen LogP contribution is -2.09. The molecule has 4 heteroatoms. The van der Waals surface area contributed by atoms with Crippen molar-refractivity contribution in [3.8, 4) is 22.6 Å². The van der Waals surface area contributed by atoms with Gasteiger partial charge in [-0.25, -0.2) is 0 Å². The average Bonchev–Trinajstić information content (AvgIpc) is 0.758. The summed E-state index contributed by atoms with van der Waals surface area (Å²) in [6.07, 6.45) is 24.7. The van der Waals surface area contributed by atoms with Crippen molar-refractivity contribution in [3.63, 3.8) is 0 Å². The van der Waals surface area contributed by atoms with Crippen LogP contribution < -0.4 is 9.47 Å². The zero-order valence-corrected chi connectivity index (χ0v) is 63.9. The molecule has 13 aromatic rings. The van der Waals surface area contributed by atoms with E-state index in [1.165, 1.54) is 176 Å². The van der Waals surface area contributed by atoms with Crippen molar-refractivity contribution in [3.05, 3.63) is 358 Å². The molecule has 0 atom stereocenters. The Hall–Kier alpha value is -10.7. The van der Waals surface area contributed by atoms with Gasteiger partial charge < -0.3 is 9.47 Å². The smallest absolute Gasteiger partial charge is 0.269 e. The van der Waals surface area contributed by atoms with Crippen LogP contribution in [0.1, 0.15) is 139 Å². The number of rotatable bonds is 25. The maximum Gasteiger partial charge on any atom is 0.269 e. The van der Waals surface area contributed by atoms with E-state index in [2.05, 4.69) is 244 Å². The Balaban J connectivity index is 0.000000142. The van der Waals surface area contributed by atoms with Crippen molar-refractivity contribution in [2.24, 2.45) is 0 Å². The summed E-state index contributed by atoms with van der Waals surface area (Å²) in [5.74, 6) is 1.30. The number of allylic oxidation sites excluding steroid dienone is 2. The molecule has 0 unspecified atom stereocenters. The van der Waals surface area contributed by atoms with E-state index >= 15 is 0 Å². The molecule has 106 heavy (non-hydrogen) atoms. The SMILES string of the molecule is C=CCCCCc1c(CCCCC=C)c2cc(C)ccc2c2ccc(C)cc12.C=CCOc1cc(C)cc2c(OCC=C(F)F)cc(C)cc12.C=Cc1ccc(CCc2cc(C)cc3c(CCc4ccc(C=C)cc4)cc(C)cc23)cc1.Cc1c2ccccc2c(C)c2cc(-c3cccc4c3CC4)ccc12. The fourth-order valence-electron chi connectivity index (χ4n) is 15.5. The molecule has 0 aromatic heterocycles. The molecule has 0 aliphatic heterocycles. The fourth-order valence-corrected chi connectivity index (χ4v) is 15.5. The monoisotopic (exact) mass is 1400 g/mol. The average molecular weight is 1400 g/mol. The summed E-state index contributed by atoms with van der Waals surface area (Å²) in [5.41, 5.74) is 27.2. The molecular weight excluding hydrogens is 1300 g/mol. The third kappa shape index (κ3) is 18.7. The number of hydrogen-bond donors (Lipinski definition) is 0. The van der Waals surface area contributed by atoms with Gasteiger partial charge in [0, 0.05) is 16.8 Å². The van der Waals surface area contributed by atoms with Gasteiger partial charge in [-0.15, -0.1) is 13.2 Å². The van der Waals surface area contributed by atoms with E-state index in [0.717, 1.165) is 85.1 Å². The Bertz CT molecular complexity index is 5200. The third-order valence-electron chi connectivity index (χ3n) is 21.1. The molecule has 1 aliphatic rings. The Morgan fingerprint density at radius 2 is 0.811 bits per heavy atom. The zero-order chi connectivity index (χ0) is 74.8. The van der Waals surface area contributed by atoms with Gasteiger partial charge in [0.15, 0.2) is 0 Å². The fraction of sp³-hybridized carbons (Fsp3) is 0.235. The maximum absolute atomic E-state index is 12.2. The number of halogens is 2.